The molecule has 0 amide bonds. The van der Waals surface area contributed by atoms with Gasteiger partial charge in [-0.3, -0.25) is 4.72 Å². The van der Waals surface area contributed by atoms with Crippen LogP contribution in [-0.2, 0) is 22.0 Å². The smallest absolute Gasteiger partial charge is 0.238 e. The van der Waals surface area contributed by atoms with Crippen LogP contribution in [-0.4, -0.2) is 44.3 Å². The summed E-state index contributed by atoms with van der Waals surface area (Å²) in [5.74, 6) is 1.83. The molecule has 0 bridgehead atoms. The molecule has 1 aliphatic heterocycles. The Morgan fingerprint density at radius 3 is 2.44 bits per heavy atom. The maximum absolute atomic E-state index is 11.7. The number of sulfonamides is 1. The summed E-state index contributed by atoms with van der Waals surface area (Å²) in [6, 6.07) is 13.7. The van der Waals surface area contributed by atoms with Gasteiger partial charge in [0.1, 0.15) is 24.2 Å². The van der Waals surface area contributed by atoms with Gasteiger partial charge in [-0.15, -0.1) is 0 Å². The number of anilines is 2. The maximum Gasteiger partial charge on any atom is 0.238 e. The van der Waals surface area contributed by atoms with Gasteiger partial charge >= 0.3 is 0 Å². The van der Waals surface area contributed by atoms with Gasteiger partial charge < -0.3 is 14.4 Å². The number of halogens is 1. The van der Waals surface area contributed by atoms with Gasteiger partial charge in [0.05, 0.1) is 29.0 Å². The molecule has 2 aromatic carbocycles. The van der Waals surface area contributed by atoms with E-state index in [1.165, 1.54) is 0 Å². The van der Waals surface area contributed by atoms with E-state index in [9.17, 15) is 13.7 Å². The number of piperidine rings is 1. The van der Waals surface area contributed by atoms with Crippen LogP contribution in [0.3, 0.4) is 0 Å². The SMILES string of the molecule is CCCOc1c(Cl)cc(C(C)(C)c2ccc(OCc3cnc(NS(C)(=O)=O)nc3N3CCCCC3)cc2)cc1C#N. The Labute approximate surface area is 247 Å². The van der Waals surface area contributed by atoms with Crippen LogP contribution in [0.4, 0.5) is 11.8 Å². The Balaban J connectivity index is 1.52. The number of nitriles is 1. The molecule has 0 spiro atoms. The van der Waals surface area contributed by atoms with E-state index >= 15 is 0 Å². The molecule has 218 valence electrons. The molecule has 2 heterocycles. The van der Waals surface area contributed by atoms with Crippen LogP contribution in [0, 0.1) is 11.3 Å². The predicted octanol–water partition coefficient (Wildman–Crippen LogP) is 6.06. The molecule has 0 atom stereocenters. The van der Waals surface area contributed by atoms with E-state index in [0.717, 1.165) is 61.7 Å². The predicted molar refractivity (Wildman–Crippen MR) is 161 cm³/mol. The normalized spacial score (nSPS) is 13.9. The summed E-state index contributed by atoms with van der Waals surface area (Å²) in [6.45, 7) is 8.57. The molecule has 4 rings (SSSR count). The van der Waals surface area contributed by atoms with Gasteiger partial charge in [-0.2, -0.15) is 10.2 Å². The van der Waals surface area contributed by atoms with Crippen molar-refractivity contribution in [2.75, 3.05) is 35.6 Å². The lowest BCUT2D eigenvalue weighted by molar-refractivity contribution is 0.305. The minimum atomic E-state index is -3.50. The number of nitrogens with zero attached hydrogens (tertiary/aromatic N) is 4. The van der Waals surface area contributed by atoms with Crippen molar-refractivity contribution in [2.24, 2.45) is 0 Å². The molecule has 0 radical (unpaired) electrons. The zero-order valence-corrected chi connectivity index (χ0v) is 25.5. The summed E-state index contributed by atoms with van der Waals surface area (Å²) >= 11 is 6.53. The zero-order valence-electron chi connectivity index (χ0n) is 23.9. The molecule has 41 heavy (non-hydrogen) atoms. The lowest BCUT2D eigenvalue weighted by Crippen LogP contribution is -2.31. The van der Waals surface area contributed by atoms with E-state index in [0.29, 0.717) is 34.5 Å². The van der Waals surface area contributed by atoms with E-state index in [4.69, 9.17) is 21.1 Å². The first-order valence-corrected chi connectivity index (χ1v) is 16.0. The Morgan fingerprint density at radius 1 is 1.10 bits per heavy atom. The molecule has 0 unspecified atom stereocenters. The van der Waals surface area contributed by atoms with E-state index in [1.54, 1.807) is 6.20 Å². The summed E-state index contributed by atoms with van der Waals surface area (Å²) in [5, 5.41) is 10.1. The van der Waals surface area contributed by atoms with Gasteiger partial charge in [-0.1, -0.05) is 44.5 Å². The van der Waals surface area contributed by atoms with Crippen LogP contribution < -0.4 is 19.1 Å². The first-order chi connectivity index (χ1) is 19.5. The monoisotopic (exact) mass is 597 g/mol. The second-order valence-corrected chi connectivity index (χ2v) is 12.9. The number of benzene rings is 2. The van der Waals surface area contributed by atoms with E-state index in [1.807, 2.05) is 43.3 Å². The average molecular weight is 598 g/mol. The van der Waals surface area contributed by atoms with Crippen molar-refractivity contribution in [3.63, 3.8) is 0 Å². The van der Waals surface area contributed by atoms with Crippen molar-refractivity contribution >= 4 is 33.4 Å². The number of hydrogen-bond donors (Lipinski definition) is 1. The third kappa shape index (κ3) is 7.60. The maximum atomic E-state index is 11.7. The fraction of sp³-hybridized carbons (Fsp3) is 0.433. The van der Waals surface area contributed by atoms with Crippen molar-refractivity contribution in [1.82, 2.24) is 9.97 Å². The third-order valence-corrected chi connectivity index (χ3v) is 7.91. The fourth-order valence-corrected chi connectivity index (χ4v) is 5.48. The molecule has 0 aliphatic carbocycles. The van der Waals surface area contributed by atoms with Crippen LogP contribution in [0.1, 0.15) is 68.7 Å². The highest BCUT2D eigenvalue weighted by molar-refractivity contribution is 7.91. The average Bonchev–Trinajstić information content (AvgIpc) is 2.95. The molecular formula is C30H36ClN5O4S. The van der Waals surface area contributed by atoms with Gasteiger partial charge in [0.25, 0.3) is 0 Å². The minimum absolute atomic E-state index is 0.0491. The number of nitrogens with one attached hydrogen (secondary N) is 1. The first-order valence-electron chi connectivity index (χ1n) is 13.7. The summed E-state index contributed by atoms with van der Waals surface area (Å²) in [5.41, 5.74) is 2.69. The van der Waals surface area contributed by atoms with E-state index < -0.39 is 15.4 Å². The topological polar surface area (TPSA) is 117 Å². The Hall–Kier alpha value is -3.55. The van der Waals surface area contributed by atoms with Crippen LogP contribution in [0.2, 0.25) is 5.02 Å². The van der Waals surface area contributed by atoms with Crippen molar-refractivity contribution in [1.29, 1.82) is 5.26 Å². The highest BCUT2D eigenvalue weighted by Crippen LogP contribution is 2.38. The molecule has 1 fully saturated rings. The summed E-state index contributed by atoms with van der Waals surface area (Å²) in [4.78, 5) is 10.9. The van der Waals surface area contributed by atoms with Gasteiger partial charge in [0.15, 0.2) is 5.75 Å². The molecule has 9 nitrogen and oxygen atoms in total. The second-order valence-electron chi connectivity index (χ2n) is 10.7. The van der Waals surface area contributed by atoms with Gasteiger partial charge in [-0.05, 0) is 61.1 Å². The third-order valence-electron chi connectivity index (χ3n) is 7.08. The minimum Gasteiger partial charge on any atom is -0.491 e. The Morgan fingerprint density at radius 2 is 1.80 bits per heavy atom. The van der Waals surface area contributed by atoms with Gasteiger partial charge in [-0.25, -0.2) is 13.4 Å². The largest absolute Gasteiger partial charge is 0.491 e. The number of rotatable bonds is 11. The lowest BCUT2D eigenvalue weighted by atomic mass is 9.77. The molecule has 1 N–H and O–H groups in total. The Bertz CT molecular complexity index is 1520. The van der Waals surface area contributed by atoms with Crippen molar-refractivity contribution < 1.29 is 17.9 Å². The molecule has 3 aromatic rings. The highest BCUT2D eigenvalue weighted by Gasteiger charge is 2.26. The number of aromatic nitrogens is 2. The van der Waals surface area contributed by atoms with Crippen LogP contribution in [0.25, 0.3) is 0 Å². The molecule has 0 saturated carbocycles. The van der Waals surface area contributed by atoms with Crippen molar-refractivity contribution in [3.05, 3.63) is 69.9 Å². The highest BCUT2D eigenvalue weighted by atomic mass is 35.5. The lowest BCUT2D eigenvalue weighted by Gasteiger charge is -2.29. The summed E-state index contributed by atoms with van der Waals surface area (Å²) < 4.78 is 37.6. The van der Waals surface area contributed by atoms with Gasteiger partial charge in [0.2, 0.25) is 16.0 Å². The van der Waals surface area contributed by atoms with E-state index in [2.05, 4.69) is 39.5 Å². The quantitative estimate of drug-likeness (QED) is 0.283. The first kappa shape index (κ1) is 30.4. The molecular weight excluding hydrogens is 562 g/mol. The summed E-state index contributed by atoms with van der Waals surface area (Å²) in [7, 11) is -3.50. The van der Waals surface area contributed by atoms with Crippen LogP contribution in [0.15, 0.2) is 42.6 Å². The molecule has 11 heteroatoms. The zero-order chi connectivity index (χ0) is 29.6. The summed E-state index contributed by atoms with van der Waals surface area (Å²) in [6.07, 6.45) is 6.77. The molecule has 1 saturated heterocycles. The van der Waals surface area contributed by atoms with Crippen LogP contribution >= 0.6 is 11.6 Å². The van der Waals surface area contributed by atoms with Crippen molar-refractivity contribution in [2.45, 2.75) is 58.5 Å². The second kappa shape index (κ2) is 13.0. The number of ether oxygens (including phenoxy) is 2. The fourth-order valence-electron chi connectivity index (χ4n) is 4.78. The Kier molecular flexibility index (Phi) is 9.61. The molecule has 1 aromatic heterocycles. The standard InChI is InChI=1S/C30H36ClN5O4S/c1-5-15-39-27-21(18-32)16-24(17-26(27)31)30(2,3)23-9-11-25(12-10-23)40-20-22-19-33-29(35-41(4,37)38)34-28(22)36-13-7-6-8-14-36/h9-12,16-17,19H,5-8,13-15,20H2,1-4H3,(H,33,34,35). The number of hydrogen-bond acceptors (Lipinski definition) is 8. The van der Waals surface area contributed by atoms with Gasteiger partial charge in [0, 0.05) is 24.7 Å². The van der Waals surface area contributed by atoms with Crippen molar-refractivity contribution in [3.8, 4) is 17.6 Å². The molecule has 1 aliphatic rings. The van der Waals surface area contributed by atoms with Crippen LogP contribution in [0.5, 0.6) is 11.5 Å². The van der Waals surface area contributed by atoms with E-state index in [-0.39, 0.29) is 12.6 Å².